The monoisotopic (exact) mass is 412 g/mol. The topological polar surface area (TPSA) is 72.2 Å². The van der Waals surface area contributed by atoms with E-state index >= 15 is 0 Å². The maximum Gasteiger partial charge on any atom is 0.352 e. The summed E-state index contributed by atoms with van der Waals surface area (Å²) in [6.07, 6.45) is 0.429. The summed E-state index contributed by atoms with van der Waals surface area (Å²) in [5, 5.41) is 9.87. The lowest BCUT2D eigenvalue weighted by atomic mass is 9.96. The number of carbonyl (C=O) groups excluding carboxylic acids is 1. The first kappa shape index (κ1) is 21.8. The van der Waals surface area contributed by atoms with Crippen molar-refractivity contribution in [1.29, 1.82) is 5.26 Å². The van der Waals surface area contributed by atoms with Crippen molar-refractivity contribution in [3.63, 3.8) is 0 Å². The zero-order valence-electron chi connectivity index (χ0n) is 17.6. The van der Waals surface area contributed by atoms with E-state index in [9.17, 15) is 10.1 Å². The average Bonchev–Trinajstić information content (AvgIpc) is 2.81. The molecule has 1 heterocycles. The molecular formula is C26H24N2O3. The summed E-state index contributed by atoms with van der Waals surface area (Å²) in [6.45, 7) is 7.64. The second kappa shape index (κ2) is 10.2. The molecule has 0 aliphatic carbocycles. The summed E-state index contributed by atoms with van der Waals surface area (Å²) in [4.78, 5) is 17.4. The summed E-state index contributed by atoms with van der Waals surface area (Å²) < 4.78 is 11.3. The van der Waals surface area contributed by atoms with Gasteiger partial charge in [0.2, 0.25) is 12.0 Å². The van der Waals surface area contributed by atoms with Crippen LogP contribution in [0.1, 0.15) is 42.6 Å². The number of rotatable bonds is 8. The Balaban J connectivity index is 2.12. The van der Waals surface area contributed by atoms with Gasteiger partial charge < -0.3 is 9.47 Å². The van der Waals surface area contributed by atoms with Gasteiger partial charge in [0, 0.05) is 11.1 Å². The van der Waals surface area contributed by atoms with Crippen LogP contribution in [0.2, 0.25) is 0 Å². The highest BCUT2D eigenvalue weighted by atomic mass is 16.6. The molecule has 156 valence electrons. The van der Waals surface area contributed by atoms with Crippen LogP contribution < -0.4 is 4.74 Å². The molecule has 0 bridgehead atoms. The zero-order valence-corrected chi connectivity index (χ0v) is 17.6. The number of nitrogens with zero attached hydrogens (tertiary/aromatic N) is 2. The Morgan fingerprint density at radius 1 is 1.13 bits per heavy atom. The number of nitriles is 1. The first-order valence-corrected chi connectivity index (χ1v) is 10.0. The first-order chi connectivity index (χ1) is 15.0. The lowest BCUT2D eigenvalue weighted by molar-refractivity contribution is -0.151. The summed E-state index contributed by atoms with van der Waals surface area (Å²) in [5.74, 6) is -0.407. The Morgan fingerprint density at radius 2 is 1.77 bits per heavy atom. The van der Waals surface area contributed by atoms with Crippen LogP contribution in [0.25, 0.3) is 11.3 Å². The second-order valence-corrected chi connectivity index (χ2v) is 7.24. The number of benzene rings is 2. The number of aromatic nitrogens is 1. The fraction of sp³-hybridized carbons (Fsp3) is 0.192. The van der Waals surface area contributed by atoms with Gasteiger partial charge in [0.1, 0.15) is 18.2 Å². The van der Waals surface area contributed by atoms with Gasteiger partial charge in [-0.1, -0.05) is 87.2 Å². The minimum Gasteiger partial charge on any atom is -0.458 e. The lowest BCUT2D eigenvalue weighted by Gasteiger charge is -2.20. The van der Waals surface area contributed by atoms with Gasteiger partial charge >= 0.3 is 5.97 Å². The lowest BCUT2D eigenvalue weighted by Crippen LogP contribution is -2.22. The van der Waals surface area contributed by atoms with Crippen LogP contribution in [0.5, 0.6) is 5.88 Å². The fourth-order valence-electron chi connectivity index (χ4n) is 3.16. The highest BCUT2D eigenvalue weighted by molar-refractivity contribution is 5.77. The maximum absolute atomic E-state index is 12.8. The Kier molecular flexibility index (Phi) is 7.18. The second-order valence-electron chi connectivity index (χ2n) is 7.24. The van der Waals surface area contributed by atoms with Gasteiger partial charge in [-0.15, -0.1) is 0 Å². The van der Waals surface area contributed by atoms with Crippen molar-refractivity contribution in [2.24, 2.45) is 0 Å². The van der Waals surface area contributed by atoms with E-state index in [0.717, 1.165) is 11.1 Å². The maximum atomic E-state index is 12.8. The number of esters is 1. The normalized spacial score (nSPS) is 11.4. The third kappa shape index (κ3) is 5.18. The van der Waals surface area contributed by atoms with E-state index in [-0.39, 0.29) is 18.4 Å². The van der Waals surface area contributed by atoms with Crippen LogP contribution in [0.15, 0.2) is 79.4 Å². The Labute approximate surface area is 182 Å². The van der Waals surface area contributed by atoms with E-state index in [1.807, 2.05) is 68.4 Å². The van der Waals surface area contributed by atoms with Crippen LogP contribution in [-0.4, -0.2) is 17.6 Å². The molecule has 1 atom stereocenters. The highest BCUT2D eigenvalue weighted by Gasteiger charge is 2.27. The molecule has 0 fully saturated rings. The van der Waals surface area contributed by atoms with Gasteiger partial charge in [0.15, 0.2) is 0 Å². The molecule has 0 saturated carbocycles. The standard InChI is InChI=1S/C26H24N2O3/c1-4-15-30-26(29)24(20-13-9-6-10-14-20)31-25-22(17-27)21(18(2)3)16-23(28-25)19-11-7-5-8-12-19/h4-14,16,18,24H,1,15H2,2-3H3. The zero-order chi connectivity index (χ0) is 22.2. The molecule has 0 aliphatic rings. The smallest absolute Gasteiger partial charge is 0.352 e. The number of carbonyl (C=O) groups is 1. The molecule has 31 heavy (non-hydrogen) atoms. The van der Waals surface area contributed by atoms with Crippen molar-refractivity contribution in [1.82, 2.24) is 4.98 Å². The highest BCUT2D eigenvalue weighted by Crippen LogP contribution is 2.33. The fourth-order valence-corrected chi connectivity index (χ4v) is 3.16. The van der Waals surface area contributed by atoms with Gasteiger partial charge in [0.05, 0.1) is 5.69 Å². The molecule has 0 N–H and O–H groups in total. The third-order valence-electron chi connectivity index (χ3n) is 4.71. The number of pyridine rings is 1. The summed E-state index contributed by atoms with van der Waals surface area (Å²) in [5.41, 5.74) is 3.29. The van der Waals surface area contributed by atoms with E-state index in [2.05, 4.69) is 17.6 Å². The van der Waals surface area contributed by atoms with Crippen LogP contribution in [0, 0.1) is 11.3 Å². The molecule has 5 nitrogen and oxygen atoms in total. The van der Waals surface area contributed by atoms with Crippen LogP contribution in [-0.2, 0) is 9.53 Å². The molecule has 3 aromatic rings. The van der Waals surface area contributed by atoms with E-state index in [1.54, 1.807) is 12.1 Å². The molecule has 0 saturated heterocycles. The van der Waals surface area contributed by atoms with Crippen LogP contribution in [0.3, 0.4) is 0 Å². The van der Waals surface area contributed by atoms with E-state index < -0.39 is 12.1 Å². The van der Waals surface area contributed by atoms with Crippen molar-refractivity contribution in [2.75, 3.05) is 6.61 Å². The van der Waals surface area contributed by atoms with Gasteiger partial charge in [-0.25, -0.2) is 9.78 Å². The summed E-state index contributed by atoms with van der Waals surface area (Å²) in [7, 11) is 0. The Morgan fingerprint density at radius 3 is 2.35 bits per heavy atom. The van der Waals surface area contributed by atoms with Gasteiger partial charge in [-0.3, -0.25) is 0 Å². The molecule has 0 aliphatic heterocycles. The molecule has 1 aromatic heterocycles. The molecule has 0 radical (unpaired) electrons. The predicted molar refractivity (Wildman–Crippen MR) is 119 cm³/mol. The SMILES string of the molecule is C=CCOC(=O)C(Oc1nc(-c2ccccc2)cc(C(C)C)c1C#N)c1ccccc1. The molecule has 5 heteroatoms. The number of hydrogen-bond acceptors (Lipinski definition) is 5. The van der Waals surface area contributed by atoms with Crippen molar-refractivity contribution >= 4 is 5.97 Å². The largest absolute Gasteiger partial charge is 0.458 e. The summed E-state index contributed by atoms with van der Waals surface area (Å²) >= 11 is 0. The Hall–Kier alpha value is -3.91. The van der Waals surface area contributed by atoms with Crippen molar-refractivity contribution in [2.45, 2.75) is 25.9 Å². The third-order valence-corrected chi connectivity index (χ3v) is 4.71. The first-order valence-electron chi connectivity index (χ1n) is 10.0. The minimum absolute atomic E-state index is 0.0605. The van der Waals surface area contributed by atoms with Crippen molar-refractivity contribution < 1.29 is 14.3 Å². The van der Waals surface area contributed by atoms with Crippen molar-refractivity contribution in [3.8, 4) is 23.2 Å². The van der Waals surface area contributed by atoms with Gasteiger partial charge in [-0.05, 0) is 17.5 Å². The molecule has 0 amide bonds. The van der Waals surface area contributed by atoms with E-state index in [1.165, 1.54) is 6.08 Å². The van der Waals surface area contributed by atoms with Crippen LogP contribution in [0.4, 0.5) is 0 Å². The number of hydrogen-bond donors (Lipinski definition) is 0. The Bertz CT molecular complexity index is 1090. The minimum atomic E-state index is -1.06. The molecule has 1 unspecified atom stereocenters. The van der Waals surface area contributed by atoms with E-state index in [4.69, 9.17) is 9.47 Å². The summed E-state index contributed by atoms with van der Waals surface area (Å²) in [6, 6.07) is 22.8. The van der Waals surface area contributed by atoms with Crippen LogP contribution >= 0.6 is 0 Å². The molecular weight excluding hydrogens is 388 g/mol. The molecule has 2 aromatic carbocycles. The van der Waals surface area contributed by atoms with Crippen molar-refractivity contribution in [3.05, 3.63) is 96.1 Å². The number of ether oxygens (including phenoxy) is 2. The molecule has 3 rings (SSSR count). The predicted octanol–water partition coefficient (Wildman–Crippen LogP) is 5.59. The van der Waals surface area contributed by atoms with Gasteiger partial charge in [-0.2, -0.15) is 5.26 Å². The van der Waals surface area contributed by atoms with Gasteiger partial charge in [0.25, 0.3) is 0 Å². The van der Waals surface area contributed by atoms with E-state index in [0.29, 0.717) is 16.8 Å². The average molecular weight is 412 g/mol. The molecule has 0 spiro atoms. The quantitative estimate of drug-likeness (QED) is 0.356.